The monoisotopic (exact) mass is 453 g/mol. The SMILES string of the molecule is Cc1ccc(OCc2cc(=O)n3oc(C)cc3n2)c(NC(=O)COc2ccccc2Cl)c1. The summed E-state index contributed by atoms with van der Waals surface area (Å²) in [5.41, 5.74) is 1.93. The van der Waals surface area contributed by atoms with E-state index in [0.29, 0.717) is 39.3 Å². The number of rotatable bonds is 7. The summed E-state index contributed by atoms with van der Waals surface area (Å²) in [6, 6.07) is 15.3. The van der Waals surface area contributed by atoms with E-state index in [4.69, 9.17) is 25.6 Å². The van der Waals surface area contributed by atoms with Crippen LogP contribution >= 0.6 is 11.6 Å². The van der Waals surface area contributed by atoms with E-state index in [1.165, 1.54) is 6.07 Å². The molecular weight excluding hydrogens is 434 g/mol. The number of carbonyl (C=O) groups excluding carboxylic acids is 1. The normalized spacial score (nSPS) is 10.8. The topological polar surface area (TPSA) is 95.1 Å². The van der Waals surface area contributed by atoms with Gasteiger partial charge in [0.05, 0.1) is 16.4 Å². The summed E-state index contributed by atoms with van der Waals surface area (Å²) in [5.74, 6) is 1.07. The van der Waals surface area contributed by atoms with Crippen molar-refractivity contribution in [2.75, 3.05) is 11.9 Å². The summed E-state index contributed by atoms with van der Waals surface area (Å²) in [5, 5.41) is 3.21. The van der Waals surface area contributed by atoms with Crippen LogP contribution in [0.4, 0.5) is 5.69 Å². The van der Waals surface area contributed by atoms with Crippen LogP contribution in [0.5, 0.6) is 11.5 Å². The number of fused-ring (bicyclic) bond motifs is 1. The van der Waals surface area contributed by atoms with Crippen LogP contribution < -0.4 is 20.3 Å². The van der Waals surface area contributed by atoms with Crippen molar-refractivity contribution in [3.8, 4) is 11.5 Å². The minimum absolute atomic E-state index is 0.0397. The Bertz CT molecular complexity index is 1350. The Morgan fingerprint density at radius 1 is 1.09 bits per heavy atom. The van der Waals surface area contributed by atoms with E-state index in [1.807, 2.05) is 13.0 Å². The number of amides is 1. The molecule has 0 saturated heterocycles. The number of hydrogen-bond acceptors (Lipinski definition) is 6. The summed E-state index contributed by atoms with van der Waals surface area (Å²) in [7, 11) is 0. The molecule has 8 nitrogen and oxygen atoms in total. The fraction of sp³-hybridized carbons (Fsp3) is 0.174. The molecule has 2 aromatic carbocycles. The number of aryl methyl sites for hydroxylation is 2. The van der Waals surface area contributed by atoms with Crippen LogP contribution in [0.15, 0.2) is 63.9 Å². The van der Waals surface area contributed by atoms with E-state index >= 15 is 0 Å². The smallest absolute Gasteiger partial charge is 0.287 e. The molecule has 1 N–H and O–H groups in total. The first-order valence-electron chi connectivity index (χ1n) is 9.79. The average Bonchev–Trinajstić information content (AvgIpc) is 3.13. The van der Waals surface area contributed by atoms with Crippen molar-refractivity contribution in [3.05, 3.63) is 87.0 Å². The molecule has 0 aliphatic rings. The second kappa shape index (κ2) is 9.15. The van der Waals surface area contributed by atoms with Gasteiger partial charge in [-0.15, -0.1) is 4.57 Å². The summed E-state index contributed by atoms with van der Waals surface area (Å²) in [6.45, 7) is 3.46. The van der Waals surface area contributed by atoms with Gasteiger partial charge in [0.25, 0.3) is 11.5 Å². The van der Waals surface area contributed by atoms with Crippen LogP contribution in [0.25, 0.3) is 5.65 Å². The number of anilines is 1. The quantitative estimate of drug-likeness (QED) is 0.451. The third-order valence-corrected chi connectivity index (χ3v) is 4.82. The van der Waals surface area contributed by atoms with Crippen LogP contribution in [0, 0.1) is 13.8 Å². The molecule has 0 fully saturated rings. The Kier molecular flexibility index (Phi) is 6.13. The first-order valence-corrected chi connectivity index (χ1v) is 10.2. The van der Waals surface area contributed by atoms with Crippen LogP contribution in [0.1, 0.15) is 17.0 Å². The van der Waals surface area contributed by atoms with Gasteiger partial charge in [0.15, 0.2) is 12.3 Å². The van der Waals surface area contributed by atoms with Gasteiger partial charge in [-0.25, -0.2) is 4.98 Å². The maximum atomic E-state index is 12.4. The lowest BCUT2D eigenvalue weighted by Crippen LogP contribution is -2.21. The molecule has 0 atom stereocenters. The lowest BCUT2D eigenvalue weighted by atomic mass is 10.2. The minimum atomic E-state index is -0.368. The zero-order valence-electron chi connectivity index (χ0n) is 17.4. The van der Waals surface area contributed by atoms with Gasteiger partial charge in [0.2, 0.25) is 0 Å². The van der Waals surface area contributed by atoms with Crippen LogP contribution in [0.3, 0.4) is 0 Å². The molecule has 2 heterocycles. The van der Waals surface area contributed by atoms with Gasteiger partial charge in [-0.1, -0.05) is 29.8 Å². The minimum Gasteiger partial charge on any atom is -0.485 e. The van der Waals surface area contributed by atoms with Gasteiger partial charge in [-0.05, 0) is 43.7 Å². The third-order valence-electron chi connectivity index (χ3n) is 4.50. The summed E-state index contributed by atoms with van der Waals surface area (Å²) in [4.78, 5) is 29.0. The summed E-state index contributed by atoms with van der Waals surface area (Å²) in [6.07, 6.45) is 0. The van der Waals surface area contributed by atoms with Gasteiger partial charge in [0.1, 0.15) is 23.9 Å². The molecule has 32 heavy (non-hydrogen) atoms. The van der Waals surface area contributed by atoms with Crippen molar-refractivity contribution in [3.63, 3.8) is 0 Å². The van der Waals surface area contributed by atoms with E-state index < -0.39 is 0 Å². The zero-order valence-corrected chi connectivity index (χ0v) is 18.2. The molecule has 0 saturated carbocycles. The highest BCUT2D eigenvalue weighted by molar-refractivity contribution is 6.32. The largest absolute Gasteiger partial charge is 0.485 e. The molecule has 2 aromatic heterocycles. The van der Waals surface area contributed by atoms with Gasteiger partial charge in [0, 0.05) is 12.1 Å². The molecule has 0 bridgehead atoms. The molecule has 4 aromatic rings. The number of ether oxygens (including phenoxy) is 2. The number of halogens is 1. The van der Waals surface area contributed by atoms with E-state index in [9.17, 15) is 9.59 Å². The predicted octanol–water partition coefficient (Wildman–Crippen LogP) is 4.15. The highest BCUT2D eigenvalue weighted by Gasteiger charge is 2.12. The van der Waals surface area contributed by atoms with Crippen molar-refractivity contribution in [1.29, 1.82) is 0 Å². The fourth-order valence-corrected chi connectivity index (χ4v) is 3.25. The number of benzene rings is 2. The number of carbonyl (C=O) groups is 1. The Hall–Kier alpha value is -3.78. The van der Waals surface area contributed by atoms with E-state index in [2.05, 4.69) is 10.3 Å². The predicted molar refractivity (Wildman–Crippen MR) is 120 cm³/mol. The molecule has 0 aliphatic heterocycles. The van der Waals surface area contributed by atoms with Crippen molar-refractivity contribution in [1.82, 2.24) is 9.56 Å². The van der Waals surface area contributed by atoms with Crippen molar-refractivity contribution in [2.24, 2.45) is 0 Å². The zero-order chi connectivity index (χ0) is 22.7. The molecule has 164 valence electrons. The van der Waals surface area contributed by atoms with Crippen LogP contribution in [-0.2, 0) is 11.4 Å². The van der Waals surface area contributed by atoms with Gasteiger partial charge in [-0.3, -0.25) is 9.59 Å². The van der Waals surface area contributed by atoms with Crippen molar-refractivity contribution in [2.45, 2.75) is 20.5 Å². The van der Waals surface area contributed by atoms with Crippen molar-refractivity contribution >= 4 is 28.8 Å². The molecule has 0 spiro atoms. The summed E-state index contributed by atoms with van der Waals surface area (Å²) < 4.78 is 17.7. The Labute approximate surface area is 188 Å². The molecule has 0 unspecified atom stereocenters. The Balaban J connectivity index is 1.45. The molecule has 4 rings (SSSR count). The maximum Gasteiger partial charge on any atom is 0.287 e. The molecule has 9 heteroatoms. The molecule has 0 aliphatic carbocycles. The third kappa shape index (κ3) is 4.92. The average molecular weight is 454 g/mol. The van der Waals surface area contributed by atoms with Gasteiger partial charge < -0.3 is 19.3 Å². The number of nitrogens with zero attached hydrogens (tertiary/aromatic N) is 2. The number of nitrogens with one attached hydrogen (secondary N) is 1. The number of hydrogen-bond donors (Lipinski definition) is 1. The lowest BCUT2D eigenvalue weighted by Gasteiger charge is -2.14. The Morgan fingerprint density at radius 3 is 2.72 bits per heavy atom. The number of aromatic nitrogens is 2. The van der Waals surface area contributed by atoms with E-state index in [0.717, 1.165) is 10.1 Å². The van der Waals surface area contributed by atoms with E-state index in [-0.39, 0.29) is 24.7 Å². The molecule has 0 radical (unpaired) electrons. The van der Waals surface area contributed by atoms with Gasteiger partial charge >= 0.3 is 0 Å². The maximum absolute atomic E-state index is 12.4. The highest BCUT2D eigenvalue weighted by atomic mass is 35.5. The second-order valence-corrected chi connectivity index (χ2v) is 7.55. The Morgan fingerprint density at radius 2 is 1.91 bits per heavy atom. The molecular formula is C23H20ClN3O5. The standard InChI is InChI=1S/C23H20ClN3O5/c1-14-7-8-20(30-12-16-11-23(29)27-21(25-16)10-15(2)32-27)18(9-14)26-22(28)13-31-19-6-4-3-5-17(19)24/h3-11H,12-13H2,1-2H3,(H,26,28). The molecule has 1 amide bonds. The van der Waals surface area contributed by atoms with Gasteiger partial charge in [-0.2, -0.15) is 0 Å². The van der Waals surface area contributed by atoms with Crippen LogP contribution in [-0.4, -0.2) is 22.1 Å². The summed E-state index contributed by atoms with van der Waals surface area (Å²) >= 11 is 6.05. The van der Waals surface area contributed by atoms with Crippen LogP contribution in [0.2, 0.25) is 5.02 Å². The van der Waals surface area contributed by atoms with E-state index in [1.54, 1.807) is 49.4 Å². The first kappa shape index (κ1) is 21.5. The first-order chi connectivity index (χ1) is 15.4. The van der Waals surface area contributed by atoms with Crippen molar-refractivity contribution < 1.29 is 18.8 Å². The lowest BCUT2D eigenvalue weighted by molar-refractivity contribution is -0.118. The fourth-order valence-electron chi connectivity index (χ4n) is 3.06. The highest BCUT2D eigenvalue weighted by Crippen LogP contribution is 2.27. The second-order valence-electron chi connectivity index (χ2n) is 7.14. The number of para-hydroxylation sites is 1.